The lowest BCUT2D eigenvalue weighted by Gasteiger charge is -2.58. The molecule has 1 aromatic rings. The molecule has 0 atom stereocenters. The van der Waals surface area contributed by atoms with Crippen molar-refractivity contribution in [2.24, 2.45) is 0 Å². The zero-order chi connectivity index (χ0) is 23.7. The molecule has 10 heteroatoms. The van der Waals surface area contributed by atoms with Gasteiger partial charge in [0.15, 0.2) is 0 Å². The number of likely N-dealkylation sites (N-methyl/N-ethyl adjacent to an activating group) is 1. The van der Waals surface area contributed by atoms with Crippen LogP contribution in [0.5, 0.6) is 0 Å². The number of nitrogens with zero attached hydrogens (tertiary/aromatic N) is 3. The number of hydrogen-bond acceptors (Lipinski definition) is 7. The summed E-state index contributed by atoms with van der Waals surface area (Å²) in [5.41, 5.74) is 0.495. The molecule has 1 aliphatic carbocycles. The number of ether oxygens (including phenoxy) is 3. The minimum absolute atomic E-state index is 0.133. The van der Waals surface area contributed by atoms with Gasteiger partial charge in [-0.1, -0.05) is 6.07 Å². The number of nitrogens with one attached hydrogen (secondary N) is 1. The average molecular weight is 469 g/mol. The molecule has 2 aliphatic heterocycles. The molecule has 1 saturated carbocycles. The quantitative estimate of drug-likeness (QED) is 0.462. The minimum Gasteiger partial charge on any atom is -0.444 e. The molecule has 32 heavy (non-hydrogen) atoms. The first-order chi connectivity index (χ1) is 15.0. The van der Waals surface area contributed by atoms with E-state index in [1.807, 2.05) is 32.9 Å². The molecule has 2 bridgehead atoms. The standard InChI is InChI=1S/C22H33ClN4O5/c1-21(2,3)32-20(29)26(4)9-10-27(17(28)13-23)22-11-14(12-22)24-18-15(22)7-8-16(25-18)19(30-5)31-6/h7-8,14,19H,9-13H2,1-6H3,(H,24,25). The fourth-order valence-corrected chi connectivity index (χ4v) is 4.54. The van der Waals surface area contributed by atoms with Crippen LogP contribution in [0.25, 0.3) is 0 Å². The van der Waals surface area contributed by atoms with Crippen molar-refractivity contribution in [3.63, 3.8) is 0 Å². The molecule has 0 radical (unpaired) electrons. The SMILES string of the molecule is COC(OC)c1ccc2c(n1)NC1CC2(N(CCN(C)C(=O)OC(C)(C)C)C(=O)CCl)C1. The number of carbonyl (C=O) groups excluding carboxylic acids is 2. The summed E-state index contributed by atoms with van der Waals surface area (Å²) in [5, 5.41) is 3.44. The van der Waals surface area contributed by atoms with Crippen LogP contribution in [0.15, 0.2) is 12.1 Å². The van der Waals surface area contributed by atoms with Gasteiger partial charge in [-0.05, 0) is 39.7 Å². The van der Waals surface area contributed by atoms with Gasteiger partial charge < -0.3 is 29.3 Å². The van der Waals surface area contributed by atoms with Gasteiger partial charge in [0.25, 0.3) is 0 Å². The van der Waals surface area contributed by atoms with Gasteiger partial charge in [-0.15, -0.1) is 11.6 Å². The number of hydrogen-bond donors (Lipinski definition) is 1. The Bertz CT molecular complexity index is 849. The first-order valence-corrected chi connectivity index (χ1v) is 11.2. The molecule has 0 aromatic carbocycles. The van der Waals surface area contributed by atoms with Crippen LogP contribution in [0.1, 0.15) is 51.2 Å². The molecule has 0 unspecified atom stereocenters. The Hall–Kier alpha value is -2.10. The van der Waals surface area contributed by atoms with Gasteiger partial charge in [0.2, 0.25) is 12.2 Å². The fraction of sp³-hybridized carbons (Fsp3) is 0.682. The van der Waals surface area contributed by atoms with Gasteiger partial charge in [0, 0.05) is 46.0 Å². The molecule has 1 N–H and O–H groups in total. The predicted molar refractivity (Wildman–Crippen MR) is 121 cm³/mol. The van der Waals surface area contributed by atoms with Crippen LogP contribution in [0.2, 0.25) is 0 Å². The highest BCUT2D eigenvalue weighted by molar-refractivity contribution is 6.27. The summed E-state index contributed by atoms with van der Waals surface area (Å²) in [7, 11) is 4.78. The molecule has 1 aromatic heterocycles. The Morgan fingerprint density at radius 3 is 2.47 bits per heavy atom. The van der Waals surface area contributed by atoms with E-state index < -0.39 is 23.5 Å². The van der Waals surface area contributed by atoms with E-state index in [2.05, 4.69) is 5.32 Å². The van der Waals surface area contributed by atoms with Crippen molar-refractivity contribution in [2.45, 2.75) is 57.1 Å². The third kappa shape index (κ3) is 4.79. The van der Waals surface area contributed by atoms with Gasteiger partial charge in [-0.25, -0.2) is 9.78 Å². The Labute approximate surface area is 194 Å². The summed E-state index contributed by atoms with van der Waals surface area (Å²) in [5.74, 6) is 0.412. The minimum atomic E-state index is -0.587. The van der Waals surface area contributed by atoms with Crippen LogP contribution in [0.4, 0.5) is 10.6 Å². The van der Waals surface area contributed by atoms with E-state index in [9.17, 15) is 9.59 Å². The van der Waals surface area contributed by atoms with Crippen molar-refractivity contribution in [3.05, 3.63) is 23.4 Å². The Balaban J connectivity index is 1.83. The number of alkyl halides is 1. The first-order valence-electron chi connectivity index (χ1n) is 10.7. The third-order valence-electron chi connectivity index (χ3n) is 5.89. The summed E-state index contributed by atoms with van der Waals surface area (Å²) in [6, 6.07) is 4.04. The normalized spacial score (nSPS) is 21.3. The lowest BCUT2D eigenvalue weighted by Crippen LogP contribution is -2.64. The van der Waals surface area contributed by atoms with Crippen LogP contribution < -0.4 is 5.32 Å². The van der Waals surface area contributed by atoms with Gasteiger partial charge in [0.05, 0.1) is 11.2 Å². The summed E-state index contributed by atoms with van der Waals surface area (Å²) >= 11 is 5.98. The van der Waals surface area contributed by atoms with Gasteiger partial charge >= 0.3 is 6.09 Å². The second-order valence-electron chi connectivity index (χ2n) is 9.30. The van der Waals surface area contributed by atoms with E-state index in [0.29, 0.717) is 18.8 Å². The predicted octanol–water partition coefficient (Wildman–Crippen LogP) is 3.09. The summed E-state index contributed by atoms with van der Waals surface area (Å²) in [6.07, 6.45) is 0.525. The van der Waals surface area contributed by atoms with Crippen LogP contribution in [0.3, 0.4) is 0 Å². The highest BCUT2D eigenvalue weighted by Gasteiger charge is 2.56. The molecule has 0 spiro atoms. The third-order valence-corrected chi connectivity index (χ3v) is 6.12. The molecular formula is C22H33ClN4O5. The van der Waals surface area contributed by atoms with E-state index in [1.165, 1.54) is 4.90 Å². The van der Waals surface area contributed by atoms with Crippen molar-refractivity contribution in [1.29, 1.82) is 0 Å². The Morgan fingerprint density at radius 1 is 1.25 bits per heavy atom. The zero-order valence-electron chi connectivity index (χ0n) is 19.6. The smallest absolute Gasteiger partial charge is 0.410 e. The number of amides is 2. The van der Waals surface area contributed by atoms with Crippen LogP contribution >= 0.6 is 11.6 Å². The second-order valence-corrected chi connectivity index (χ2v) is 9.56. The number of carbonyl (C=O) groups is 2. The number of anilines is 1. The lowest BCUT2D eigenvalue weighted by molar-refractivity contribution is -0.141. The number of rotatable bonds is 8. The van der Waals surface area contributed by atoms with Crippen LogP contribution in [0, 0.1) is 0 Å². The van der Waals surface area contributed by atoms with Crippen molar-refractivity contribution in [2.75, 3.05) is 45.6 Å². The topological polar surface area (TPSA) is 93.2 Å². The van der Waals surface area contributed by atoms with Crippen molar-refractivity contribution >= 4 is 29.4 Å². The maximum Gasteiger partial charge on any atom is 0.410 e. The highest BCUT2D eigenvalue weighted by atomic mass is 35.5. The number of halogens is 1. The molecule has 178 valence electrons. The molecule has 1 fully saturated rings. The van der Waals surface area contributed by atoms with E-state index in [-0.39, 0.29) is 17.8 Å². The summed E-state index contributed by atoms with van der Waals surface area (Å²) in [4.78, 5) is 33.2. The molecule has 9 nitrogen and oxygen atoms in total. The summed E-state index contributed by atoms with van der Waals surface area (Å²) < 4.78 is 16.1. The van der Waals surface area contributed by atoms with Gasteiger partial charge in [-0.2, -0.15) is 0 Å². The first kappa shape index (κ1) is 24.5. The summed E-state index contributed by atoms with van der Waals surface area (Å²) in [6.45, 7) is 6.13. The monoisotopic (exact) mass is 468 g/mol. The van der Waals surface area contributed by atoms with Crippen LogP contribution in [-0.2, 0) is 24.5 Å². The van der Waals surface area contributed by atoms with E-state index in [4.69, 9.17) is 30.8 Å². The van der Waals surface area contributed by atoms with E-state index >= 15 is 0 Å². The number of methoxy groups -OCH3 is 2. The molecular weight excluding hydrogens is 436 g/mol. The number of pyridine rings is 1. The van der Waals surface area contributed by atoms with Crippen molar-refractivity contribution < 1.29 is 23.8 Å². The van der Waals surface area contributed by atoms with Gasteiger partial charge in [-0.3, -0.25) is 4.79 Å². The van der Waals surface area contributed by atoms with Gasteiger partial charge in [0.1, 0.15) is 17.3 Å². The molecule has 2 amide bonds. The largest absolute Gasteiger partial charge is 0.444 e. The second kappa shape index (κ2) is 9.41. The number of aromatic nitrogens is 1. The lowest BCUT2D eigenvalue weighted by atomic mass is 9.64. The van der Waals surface area contributed by atoms with Crippen LogP contribution in [-0.4, -0.2) is 78.7 Å². The molecule has 4 rings (SSSR count). The Kier molecular flexibility index (Phi) is 7.21. The molecule has 3 heterocycles. The average Bonchev–Trinajstić information content (AvgIpc) is 2.71. The van der Waals surface area contributed by atoms with E-state index in [1.54, 1.807) is 26.2 Å². The Morgan fingerprint density at radius 2 is 1.91 bits per heavy atom. The van der Waals surface area contributed by atoms with E-state index in [0.717, 1.165) is 24.2 Å². The maximum atomic E-state index is 12.9. The maximum absolute atomic E-state index is 12.9. The zero-order valence-corrected chi connectivity index (χ0v) is 20.4. The van der Waals surface area contributed by atoms with Crippen molar-refractivity contribution in [3.8, 4) is 0 Å². The van der Waals surface area contributed by atoms with Crippen molar-refractivity contribution in [1.82, 2.24) is 14.8 Å². The molecule has 3 aliphatic rings. The fourth-order valence-electron chi connectivity index (χ4n) is 4.40. The molecule has 0 saturated heterocycles. The highest BCUT2D eigenvalue weighted by Crippen LogP contribution is 2.53.